The largest absolute Gasteiger partial charge is 0.365 e. The second kappa shape index (κ2) is 7.75. The van der Waals surface area contributed by atoms with Crippen LogP contribution in [0.5, 0.6) is 0 Å². The summed E-state index contributed by atoms with van der Waals surface area (Å²) < 4.78 is 2.13. The minimum atomic E-state index is -0.438. The van der Waals surface area contributed by atoms with Crippen molar-refractivity contribution in [2.75, 3.05) is 31.1 Å². The second-order valence-corrected chi connectivity index (χ2v) is 7.01. The van der Waals surface area contributed by atoms with Crippen LogP contribution in [0.2, 0.25) is 0 Å². The second-order valence-electron chi connectivity index (χ2n) is 7.01. The number of nitrogens with two attached hydrogens (primary N) is 1. The minimum absolute atomic E-state index is 0.438. The average molecular weight is 373 g/mol. The smallest absolute Gasteiger partial charge is 0.252 e. The van der Waals surface area contributed by atoms with Gasteiger partial charge in [0.05, 0.1) is 12.1 Å². The first-order chi connectivity index (χ1) is 13.7. The van der Waals surface area contributed by atoms with Crippen LogP contribution in [0.25, 0.3) is 10.9 Å². The number of hydrogen-bond donors (Lipinski definition) is 1. The number of terminal acetylenes is 1. The van der Waals surface area contributed by atoms with E-state index in [2.05, 4.69) is 49.7 Å². The lowest BCUT2D eigenvalue weighted by Gasteiger charge is -2.35. The van der Waals surface area contributed by atoms with Crippen molar-refractivity contribution in [3.63, 3.8) is 0 Å². The molecule has 2 aromatic heterocycles. The number of hydrogen-bond acceptors (Lipinski definition) is 4. The third-order valence-electron chi connectivity index (χ3n) is 5.25. The molecular weight excluding hydrogens is 350 g/mol. The van der Waals surface area contributed by atoms with Gasteiger partial charge in [-0.3, -0.25) is 9.69 Å². The Kier molecular flexibility index (Phi) is 5.00. The van der Waals surface area contributed by atoms with Gasteiger partial charge in [-0.25, -0.2) is 4.98 Å². The summed E-state index contributed by atoms with van der Waals surface area (Å²) in [5.74, 6) is 2.97. The van der Waals surface area contributed by atoms with Crippen molar-refractivity contribution in [3.8, 4) is 12.3 Å². The number of carbonyl (C=O) groups excluding carboxylic acids is 1. The first kappa shape index (κ1) is 18.1. The van der Waals surface area contributed by atoms with Crippen molar-refractivity contribution in [1.82, 2.24) is 14.5 Å². The van der Waals surface area contributed by atoms with Crippen molar-refractivity contribution in [2.24, 2.45) is 5.73 Å². The van der Waals surface area contributed by atoms with Gasteiger partial charge in [0.15, 0.2) is 0 Å². The maximum Gasteiger partial charge on any atom is 0.252 e. The van der Waals surface area contributed by atoms with E-state index in [0.717, 1.165) is 32.7 Å². The van der Waals surface area contributed by atoms with Gasteiger partial charge < -0.3 is 15.2 Å². The number of piperazine rings is 1. The molecule has 1 aliphatic rings. The van der Waals surface area contributed by atoms with Crippen LogP contribution < -0.4 is 10.6 Å². The third-order valence-corrected chi connectivity index (χ3v) is 5.25. The van der Waals surface area contributed by atoms with Crippen molar-refractivity contribution >= 4 is 22.6 Å². The molecular formula is C22H23N5O. The van der Waals surface area contributed by atoms with Crippen molar-refractivity contribution in [2.45, 2.75) is 13.1 Å². The van der Waals surface area contributed by atoms with Crippen LogP contribution in [-0.4, -0.2) is 46.5 Å². The van der Waals surface area contributed by atoms with E-state index in [0.29, 0.717) is 17.9 Å². The summed E-state index contributed by atoms with van der Waals surface area (Å²) in [7, 11) is 0. The Balaban J connectivity index is 1.48. The van der Waals surface area contributed by atoms with Gasteiger partial charge in [0.1, 0.15) is 5.82 Å². The van der Waals surface area contributed by atoms with Gasteiger partial charge in [0.2, 0.25) is 0 Å². The molecule has 0 radical (unpaired) electrons. The number of carbonyl (C=O) groups is 1. The highest BCUT2D eigenvalue weighted by Gasteiger charge is 2.22. The van der Waals surface area contributed by atoms with Gasteiger partial charge in [-0.15, -0.1) is 6.42 Å². The normalized spacial score (nSPS) is 14.9. The van der Waals surface area contributed by atoms with E-state index in [1.54, 1.807) is 18.3 Å². The molecule has 3 heterocycles. The standard InChI is InChI=1S/C22H23N5O/c1-2-10-27-16-17(18-6-3-4-8-20(18)27)15-25-11-13-26(14-12-25)22-19(21(23)28)7-5-9-24-22/h1,3-9,16H,10-15H2,(H2,23,28). The van der Waals surface area contributed by atoms with Gasteiger partial charge in [-0.2, -0.15) is 0 Å². The fraction of sp³-hybridized carbons (Fsp3) is 0.273. The Morgan fingerprint density at radius 1 is 1.14 bits per heavy atom. The van der Waals surface area contributed by atoms with Crippen LogP contribution >= 0.6 is 0 Å². The number of pyridine rings is 1. The molecule has 0 aliphatic carbocycles. The van der Waals surface area contributed by atoms with Crippen molar-refractivity contribution in [3.05, 3.63) is 59.9 Å². The summed E-state index contributed by atoms with van der Waals surface area (Å²) in [6, 6.07) is 11.8. The van der Waals surface area contributed by atoms with Crippen LogP contribution in [0, 0.1) is 12.3 Å². The number of amides is 1. The molecule has 1 amide bonds. The van der Waals surface area contributed by atoms with E-state index in [4.69, 9.17) is 12.2 Å². The quantitative estimate of drug-likeness (QED) is 0.696. The molecule has 6 heteroatoms. The summed E-state index contributed by atoms with van der Waals surface area (Å²) in [6.45, 7) is 4.84. The fourth-order valence-corrected chi connectivity index (χ4v) is 3.88. The molecule has 6 nitrogen and oxygen atoms in total. The molecule has 1 aliphatic heterocycles. The van der Waals surface area contributed by atoms with Gasteiger partial charge >= 0.3 is 0 Å². The summed E-state index contributed by atoms with van der Waals surface area (Å²) in [4.78, 5) is 20.6. The average Bonchev–Trinajstić information content (AvgIpc) is 3.06. The number of primary amides is 1. The topological polar surface area (TPSA) is 67.4 Å². The Labute approximate surface area is 164 Å². The number of aromatic nitrogens is 2. The molecule has 4 rings (SSSR count). The summed E-state index contributed by atoms with van der Waals surface area (Å²) in [5.41, 5.74) is 8.44. The number of fused-ring (bicyclic) bond motifs is 1. The zero-order valence-corrected chi connectivity index (χ0v) is 15.7. The molecule has 0 atom stereocenters. The first-order valence-corrected chi connectivity index (χ1v) is 9.39. The summed E-state index contributed by atoms with van der Waals surface area (Å²) in [6.07, 6.45) is 9.39. The molecule has 2 N–H and O–H groups in total. The van der Waals surface area contributed by atoms with Crippen molar-refractivity contribution < 1.29 is 4.79 Å². The van der Waals surface area contributed by atoms with Gasteiger partial charge in [-0.05, 0) is 23.8 Å². The Hall–Kier alpha value is -3.30. The molecule has 3 aromatic rings. The van der Waals surface area contributed by atoms with Crippen LogP contribution in [0.15, 0.2) is 48.8 Å². The molecule has 142 valence electrons. The Morgan fingerprint density at radius 2 is 1.93 bits per heavy atom. The molecule has 1 saturated heterocycles. The molecule has 0 unspecified atom stereocenters. The first-order valence-electron chi connectivity index (χ1n) is 9.39. The summed E-state index contributed by atoms with van der Waals surface area (Å²) in [5, 5.41) is 1.25. The molecule has 0 saturated carbocycles. The fourth-order valence-electron chi connectivity index (χ4n) is 3.88. The Bertz CT molecular complexity index is 1040. The third kappa shape index (κ3) is 3.45. The van der Waals surface area contributed by atoms with E-state index >= 15 is 0 Å². The predicted molar refractivity (Wildman–Crippen MR) is 111 cm³/mol. The van der Waals surface area contributed by atoms with Crippen LogP contribution in [0.1, 0.15) is 15.9 Å². The van der Waals surface area contributed by atoms with Crippen molar-refractivity contribution in [1.29, 1.82) is 0 Å². The number of benzene rings is 1. The lowest BCUT2D eigenvalue weighted by molar-refractivity contribution is 0.1000. The highest BCUT2D eigenvalue weighted by molar-refractivity contribution is 5.97. The lowest BCUT2D eigenvalue weighted by atomic mass is 10.1. The van der Waals surface area contributed by atoms with Gasteiger partial charge in [-0.1, -0.05) is 24.1 Å². The maximum atomic E-state index is 11.7. The highest BCUT2D eigenvalue weighted by atomic mass is 16.1. The molecule has 0 bridgehead atoms. The van der Waals surface area contributed by atoms with E-state index in [-0.39, 0.29) is 0 Å². The number of nitrogens with zero attached hydrogens (tertiary/aromatic N) is 4. The Morgan fingerprint density at radius 3 is 2.68 bits per heavy atom. The van der Waals surface area contributed by atoms with E-state index in [9.17, 15) is 4.79 Å². The molecule has 1 fully saturated rings. The van der Waals surface area contributed by atoms with Crippen LogP contribution in [-0.2, 0) is 13.1 Å². The number of anilines is 1. The van der Waals surface area contributed by atoms with Crippen LogP contribution in [0.3, 0.4) is 0 Å². The monoisotopic (exact) mass is 373 g/mol. The van der Waals surface area contributed by atoms with E-state index in [1.807, 2.05) is 6.07 Å². The van der Waals surface area contributed by atoms with E-state index in [1.165, 1.54) is 16.5 Å². The molecule has 1 aromatic carbocycles. The van der Waals surface area contributed by atoms with Gasteiger partial charge in [0.25, 0.3) is 5.91 Å². The zero-order valence-electron chi connectivity index (χ0n) is 15.7. The molecule has 28 heavy (non-hydrogen) atoms. The summed E-state index contributed by atoms with van der Waals surface area (Å²) >= 11 is 0. The van der Waals surface area contributed by atoms with E-state index < -0.39 is 5.91 Å². The number of rotatable bonds is 5. The van der Waals surface area contributed by atoms with Crippen LogP contribution in [0.4, 0.5) is 5.82 Å². The zero-order chi connectivity index (χ0) is 19.5. The minimum Gasteiger partial charge on any atom is -0.365 e. The number of para-hydroxylation sites is 1. The molecule has 0 spiro atoms. The maximum absolute atomic E-state index is 11.7. The van der Waals surface area contributed by atoms with Gasteiger partial charge in [0, 0.05) is 56.0 Å². The highest BCUT2D eigenvalue weighted by Crippen LogP contribution is 2.24. The predicted octanol–water partition coefficient (Wildman–Crippen LogP) is 2.09. The lowest BCUT2D eigenvalue weighted by Crippen LogP contribution is -2.46. The SMILES string of the molecule is C#CCn1cc(CN2CCN(c3ncccc3C(N)=O)CC2)c2ccccc21.